The van der Waals surface area contributed by atoms with Crippen LogP contribution in [0.15, 0.2) is 0 Å². The van der Waals surface area contributed by atoms with Gasteiger partial charge in [0, 0.05) is 18.4 Å². The number of fused-ring (bicyclic) bond motifs is 1. The van der Waals surface area contributed by atoms with E-state index in [9.17, 15) is 9.59 Å². The second kappa shape index (κ2) is 2.60. The molecule has 4 nitrogen and oxygen atoms in total. The molecule has 2 aliphatic carbocycles. The van der Waals surface area contributed by atoms with Gasteiger partial charge in [-0.25, -0.2) is 0 Å². The Morgan fingerprint density at radius 3 is 2.40 bits per heavy atom. The minimum atomic E-state index is -0.0448. The van der Waals surface area contributed by atoms with Gasteiger partial charge in [0.25, 0.3) is 0 Å². The van der Waals surface area contributed by atoms with Gasteiger partial charge in [-0.15, -0.1) is 0 Å². The van der Waals surface area contributed by atoms with E-state index in [1.54, 1.807) is 0 Å². The number of likely N-dealkylation sites (tertiary alicyclic amines) is 1. The van der Waals surface area contributed by atoms with Crippen LogP contribution < -0.4 is 0 Å². The molecule has 2 unspecified atom stereocenters. The van der Waals surface area contributed by atoms with Crippen molar-refractivity contribution in [3.8, 4) is 6.07 Å². The third-order valence-electron chi connectivity index (χ3n) is 3.86. The molecule has 3 rings (SSSR count). The lowest BCUT2D eigenvalue weighted by atomic mass is 10.0. The van der Waals surface area contributed by atoms with E-state index in [-0.39, 0.29) is 29.1 Å². The molecule has 2 amide bonds. The van der Waals surface area contributed by atoms with Gasteiger partial charge in [0.05, 0.1) is 17.9 Å². The van der Waals surface area contributed by atoms with Crippen LogP contribution >= 0.6 is 0 Å². The summed E-state index contributed by atoms with van der Waals surface area (Å²) in [4.78, 5) is 24.8. The fourth-order valence-electron chi connectivity index (χ4n) is 2.48. The molecule has 3 fully saturated rings. The summed E-state index contributed by atoms with van der Waals surface area (Å²) in [5.74, 6) is 0.00852. The fourth-order valence-corrected chi connectivity index (χ4v) is 2.48. The van der Waals surface area contributed by atoms with Gasteiger partial charge in [0.15, 0.2) is 0 Å². The SMILES string of the molecule is N#CCC1(CN2C(=O)C3CC3C2=O)CC1. The first kappa shape index (κ1) is 8.90. The van der Waals surface area contributed by atoms with Crippen molar-refractivity contribution in [2.24, 2.45) is 17.3 Å². The number of imide groups is 1. The highest BCUT2D eigenvalue weighted by Crippen LogP contribution is 2.53. The largest absolute Gasteiger partial charge is 0.282 e. The molecule has 0 aromatic rings. The number of amides is 2. The Hall–Kier alpha value is -1.37. The summed E-state index contributed by atoms with van der Waals surface area (Å²) in [5.41, 5.74) is -0.0448. The molecule has 1 heterocycles. The highest BCUT2D eigenvalue weighted by Gasteiger charge is 2.60. The van der Waals surface area contributed by atoms with E-state index in [1.165, 1.54) is 4.90 Å². The second-order valence-corrected chi connectivity index (χ2v) is 5.05. The molecular weight excluding hydrogens is 192 g/mol. The Kier molecular flexibility index (Phi) is 1.54. The Labute approximate surface area is 87.8 Å². The van der Waals surface area contributed by atoms with Crippen LogP contribution in [0, 0.1) is 28.6 Å². The lowest BCUT2D eigenvalue weighted by molar-refractivity contribution is -0.142. The standard InChI is InChI=1S/C11H12N2O2/c12-4-3-11(1-2-11)6-13-9(14)7-5-8(7)10(13)15/h7-8H,1-3,5-6H2. The number of nitrogens with zero attached hydrogens (tertiary/aromatic N) is 2. The maximum Gasteiger partial charge on any atom is 0.233 e. The monoisotopic (exact) mass is 204 g/mol. The number of rotatable bonds is 3. The summed E-state index contributed by atoms with van der Waals surface area (Å²) in [6, 6.07) is 2.15. The third-order valence-corrected chi connectivity index (χ3v) is 3.86. The van der Waals surface area contributed by atoms with E-state index in [2.05, 4.69) is 6.07 Å². The van der Waals surface area contributed by atoms with Crippen LogP contribution in [0.25, 0.3) is 0 Å². The van der Waals surface area contributed by atoms with Gasteiger partial charge in [-0.1, -0.05) is 0 Å². The Morgan fingerprint density at radius 1 is 1.33 bits per heavy atom. The van der Waals surface area contributed by atoms with Gasteiger partial charge in [0.1, 0.15) is 0 Å². The van der Waals surface area contributed by atoms with Gasteiger partial charge in [0.2, 0.25) is 11.8 Å². The third kappa shape index (κ3) is 1.19. The van der Waals surface area contributed by atoms with Crippen LogP contribution in [-0.4, -0.2) is 23.3 Å². The zero-order valence-electron chi connectivity index (χ0n) is 8.40. The molecule has 0 bridgehead atoms. The normalized spacial score (nSPS) is 35.0. The predicted molar refractivity (Wildman–Crippen MR) is 50.2 cm³/mol. The number of nitriles is 1. The van der Waals surface area contributed by atoms with E-state index in [4.69, 9.17) is 5.26 Å². The Balaban J connectivity index is 1.72. The molecule has 4 heteroatoms. The average Bonchev–Trinajstić information content (AvgIpc) is 3.07. The van der Waals surface area contributed by atoms with Crippen LogP contribution in [0.4, 0.5) is 0 Å². The summed E-state index contributed by atoms with van der Waals surface area (Å²) in [7, 11) is 0. The maximum absolute atomic E-state index is 11.7. The molecule has 0 spiro atoms. The second-order valence-electron chi connectivity index (χ2n) is 5.05. The zero-order chi connectivity index (χ0) is 10.6. The van der Waals surface area contributed by atoms with Crippen molar-refractivity contribution in [2.75, 3.05) is 6.54 Å². The molecule has 0 radical (unpaired) electrons. The lowest BCUT2D eigenvalue weighted by Gasteiger charge is -2.21. The maximum atomic E-state index is 11.7. The Bertz CT molecular complexity index is 372. The minimum absolute atomic E-state index is 0.00427. The number of carbonyl (C=O) groups excluding carboxylic acids is 2. The molecule has 2 saturated carbocycles. The van der Waals surface area contributed by atoms with Crippen molar-refractivity contribution < 1.29 is 9.59 Å². The smallest absolute Gasteiger partial charge is 0.233 e. The van der Waals surface area contributed by atoms with Crippen molar-refractivity contribution >= 4 is 11.8 Å². The molecular formula is C11H12N2O2. The quantitative estimate of drug-likeness (QED) is 0.635. The first-order valence-electron chi connectivity index (χ1n) is 5.39. The van der Waals surface area contributed by atoms with Crippen LogP contribution in [-0.2, 0) is 9.59 Å². The van der Waals surface area contributed by atoms with Crippen molar-refractivity contribution in [1.82, 2.24) is 4.90 Å². The molecule has 0 aromatic heterocycles. The topological polar surface area (TPSA) is 61.2 Å². The van der Waals surface area contributed by atoms with Gasteiger partial charge >= 0.3 is 0 Å². The minimum Gasteiger partial charge on any atom is -0.282 e. The van der Waals surface area contributed by atoms with Crippen molar-refractivity contribution in [3.63, 3.8) is 0 Å². The summed E-state index contributed by atoms with van der Waals surface area (Å²) < 4.78 is 0. The Morgan fingerprint density at radius 2 is 1.93 bits per heavy atom. The molecule has 15 heavy (non-hydrogen) atoms. The number of hydrogen-bond donors (Lipinski definition) is 0. The zero-order valence-corrected chi connectivity index (χ0v) is 8.40. The fraction of sp³-hybridized carbons (Fsp3) is 0.727. The van der Waals surface area contributed by atoms with E-state index < -0.39 is 0 Å². The van der Waals surface area contributed by atoms with Crippen molar-refractivity contribution in [3.05, 3.63) is 0 Å². The number of carbonyl (C=O) groups is 2. The van der Waals surface area contributed by atoms with E-state index in [0.29, 0.717) is 13.0 Å². The number of hydrogen-bond acceptors (Lipinski definition) is 3. The lowest BCUT2D eigenvalue weighted by Crippen LogP contribution is -2.37. The predicted octanol–water partition coefficient (Wildman–Crippen LogP) is 0.685. The van der Waals surface area contributed by atoms with Gasteiger partial charge < -0.3 is 0 Å². The molecule has 0 N–H and O–H groups in total. The molecule has 1 aliphatic heterocycles. The van der Waals surface area contributed by atoms with Crippen LogP contribution in [0.1, 0.15) is 25.7 Å². The molecule has 3 aliphatic rings. The van der Waals surface area contributed by atoms with E-state index in [1.807, 2.05) is 0 Å². The molecule has 1 saturated heterocycles. The van der Waals surface area contributed by atoms with Crippen molar-refractivity contribution in [2.45, 2.75) is 25.7 Å². The first-order valence-corrected chi connectivity index (χ1v) is 5.39. The first-order chi connectivity index (χ1) is 7.17. The summed E-state index contributed by atoms with van der Waals surface area (Å²) in [6.07, 6.45) is 3.19. The van der Waals surface area contributed by atoms with E-state index >= 15 is 0 Å². The molecule has 78 valence electrons. The van der Waals surface area contributed by atoms with Gasteiger partial charge in [-0.05, 0) is 19.3 Å². The summed E-state index contributed by atoms with van der Waals surface area (Å²) in [5, 5.41) is 8.67. The van der Waals surface area contributed by atoms with Crippen molar-refractivity contribution in [1.29, 1.82) is 5.26 Å². The average molecular weight is 204 g/mol. The van der Waals surface area contributed by atoms with Crippen LogP contribution in [0.5, 0.6) is 0 Å². The molecule has 2 atom stereocenters. The highest BCUT2D eigenvalue weighted by molar-refractivity contribution is 6.08. The van der Waals surface area contributed by atoms with Crippen LogP contribution in [0.3, 0.4) is 0 Å². The van der Waals surface area contributed by atoms with E-state index in [0.717, 1.165) is 19.3 Å². The summed E-state index contributed by atoms with van der Waals surface area (Å²) >= 11 is 0. The molecule has 0 aromatic carbocycles. The van der Waals surface area contributed by atoms with Crippen LogP contribution in [0.2, 0.25) is 0 Å². The highest BCUT2D eigenvalue weighted by atomic mass is 16.2. The van der Waals surface area contributed by atoms with Gasteiger partial charge in [-0.2, -0.15) is 5.26 Å². The number of piperidine rings is 1. The summed E-state index contributed by atoms with van der Waals surface area (Å²) in [6.45, 7) is 0.491. The van der Waals surface area contributed by atoms with Gasteiger partial charge in [-0.3, -0.25) is 14.5 Å².